The Bertz CT molecular complexity index is 1020. The lowest BCUT2D eigenvalue weighted by atomic mass is 10.0. The number of alkyl carbamates (subject to hydrolysis) is 1. The summed E-state index contributed by atoms with van der Waals surface area (Å²) >= 11 is 0. The number of aryl methyl sites for hydroxylation is 2. The SMILES string of the molecule is O=C(NCCC#Cc1ccc2c3c(cccc13)CC2)OCc1ccccc1. The molecule has 0 radical (unpaired) electrons. The van der Waals surface area contributed by atoms with Gasteiger partial charge in [0, 0.05) is 18.5 Å². The van der Waals surface area contributed by atoms with Crippen LogP contribution < -0.4 is 5.32 Å². The van der Waals surface area contributed by atoms with E-state index < -0.39 is 6.09 Å². The van der Waals surface area contributed by atoms with E-state index in [-0.39, 0.29) is 6.61 Å². The summed E-state index contributed by atoms with van der Waals surface area (Å²) in [7, 11) is 0. The molecule has 1 amide bonds. The number of amides is 1. The number of carbonyl (C=O) groups excluding carboxylic acids is 1. The summed E-state index contributed by atoms with van der Waals surface area (Å²) in [6.07, 6.45) is 2.42. The lowest BCUT2D eigenvalue weighted by Gasteiger charge is -2.05. The zero-order valence-corrected chi connectivity index (χ0v) is 15.1. The quantitative estimate of drug-likeness (QED) is 0.548. The van der Waals surface area contributed by atoms with Gasteiger partial charge in [-0.25, -0.2) is 4.79 Å². The molecule has 1 aliphatic rings. The third-order valence-electron chi connectivity index (χ3n) is 4.83. The van der Waals surface area contributed by atoms with Crippen molar-refractivity contribution in [3.8, 4) is 11.8 Å². The van der Waals surface area contributed by atoms with Gasteiger partial charge < -0.3 is 10.1 Å². The van der Waals surface area contributed by atoms with Crippen LogP contribution in [0.15, 0.2) is 60.7 Å². The Morgan fingerprint density at radius 1 is 0.963 bits per heavy atom. The predicted molar refractivity (Wildman–Crippen MR) is 107 cm³/mol. The molecular weight excluding hydrogens is 334 g/mol. The molecule has 1 N–H and O–H groups in total. The van der Waals surface area contributed by atoms with Crippen LogP contribution in [-0.4, -0.2) is 12.6 Å². The standard InChI is InChI=1S/C24H21NO2/c26-24(27-17-18-7-2-1-3-8-18)25-16-5-4-9-19-12-13-21-15-14-20-10-6-11-22(19)23(20)21/h1-3,6-8,10-13H,5,14-17H2,(H,25,26). The van der Waals surface area contributed by atoms with E-state index in [1.807, 2.05) is 30.3 Å². The Kier molecular flexibility index (Phi) is 5.07. The number of benzene rings is 3. The monoisotopic (exact) mass is 355 g/mol. The molecule has 0 atom stereocenters. The van der Waals surface area contributed by atoms with Gasteiger partial charge in [-0.15, -0.1) is 0 Å². The Balaban J connectivity index is 1.30. The van der Waals surface area contributed by atoms with E-state index in [4.69, 9.17) is 4.74 Å². The Morgan fingerprint density at radius 3 is 2.63 bits per heavy atom. The van der Waals surface area contributed by atoms with E-state index in [1.54, 1.807) is 0 Å². The molecule has 0 fully saturated rings. The van der Waals surface area contributed by atoms with Crippen LogP contribution in [-0.2, 0) is 24.2 Å². The molecule has 0 spiro atoms. The van der Waals surface area contributed by atoms with Crippen molar-refractivity contribution in [2.24, 2.45) is 0 Å². The normalized spacial score (nSPS) is 11.7. The van der Waals surface area contributed by atoms with Gasteiger partial charge in [-0.2, -0.15) is 0 Å². The van der Waals surface area contributed by atoms with E-state index >= 15 is 0 Å². The van der Waals surface area contributed by atoms with Gasteiger partial charge >= 0.3 is 6.09 Å². The van der Waals surface area contributed by atoms with Gasteiger partial charge in [-0.05, 0) is 46.4 Å². The van der Waals surface area contributed by atoms with Crippen molar-refractivity contribution in [1.29, 1.82) is 0 Å². The Hall–Kier alpha value is -3.25. The highest BCUT2D eigenvalue weighted by atomic mass is 16.5. The highest BCUT2D eigenvalue weighted by molar-refractivity contribution is 5.94. The highest BCUT2D eigenvalue weighted by Gasteiger charge is 2.14. The maximum absolute atomic E-state index is 11.7. The summed E-state index contributed by atoms with van der Waals surface area (Å²) in [6.45, 7) is 0.751. The van der Waals surface area contributed by atoms with Crippen molar-refractivity contribution >= 4 is 16.9 Å². The molecule has 0 bridgehead atoms. The Labute approximate surface area is 159 Å². The second-order valence-electron chi connectivity index (χ2n) is 6.65. The van der Waals surface area contributed by atoms with E-state index in [2.05, 4.69) is 47.5 Å². The lowest BCUT2D eigenvalue weighted by Crippen LogP contribution is -2.24. The molecule has 134 valence electrons. The summed E-state index contributed by atoms with van der Waals surface area (Å²) in [4.78, 5) is 11.7. The van der Waals surface area contributed by atoms with E-state index in [9.17, 15) is 4.79 Å². The molecule has 0 aromatic heterocycles. The lowest BCUT2D eigenvalue weighted by molar-refractivity contribution is 0.140. The maximum atomic E-state index is 11.7. The fraction of sp³-hybridized carbons (Fsp3) is 0.208. The molecule has 0 unspecified atom stereocenters. The molecule has 1 aliphatic carbocycles. The molecule has 3 nitrogen and oxygen atoms in total. The summed E-state index contributed by atoms with van der Waals surface area (Å²) in [5.41, 5.74) is 4.88. The first-order chi connectivity index (χ1) is 13.3. The average Bonchev–Trinajstić information content (AvgIpc) is 3.13. The van der Waals surface area contributed by atoms with Crippen molar-refractivity contribution in [2.75, 3.05) is 6.54 Å². The molecule has 0 aliphatic heterocycles. The van der Waals surface area contributed by atoms with Crippen molar-refractivity contribution in [1.82, 2.24) is 5.32 Å². The zero-order chi connectivity index (χ0) is 18.5. The van der Waals surface area contributed by atoms with E-state index in [1.165, 1.54) is 21.9 Å². The first kappa shape index (κ1) is 17.2. The number of ether oxygens (including phenoxy) is 1. The third kappa shape index (κ3) is 3.96. The van der Waals surface area contributed by atoms with Crippen LogP contribution in [0.4, 0.5) is 4.79 Å². The number of nitrogens with one attached hydrogen (secondary N) is 1. The van der Waals surface area contributed by atoms with Crippen LogP contribution in [0.5, 0.6) is 0 Å². The largest absolute Gasteiger partial charge is 0.445 e. The molecule has 0 saturated heterocycles. The fourth-order valence-corrected chi connectivity index (χ4v) is 3.51. The second kappa shape index (κ2) is 7.97. The molecule has 3 aromatic rings. The van der Waals surface area contributed by atoms with Crippen LogP contribution in [0.25, 0.3) is 10.8 Å². The Morgan fingerprint density at radius 2 is 1.78 bits per heavy atom. The molecule has 0 saturated carbocycles. The molecule has 4 rings (SSSR count). The molecule has 27 heavy (non-hydrogen) atoms. The topological polar surface area (TPSA) is 38.3 Å². The van der Waals surface area contributed by atoms with Gasteiger partial charge in [0.05, 0.1) is 0 Å². The van der Waals surface area contributed by atoms with Crippen LogP contribution in [0.1, 0.15) is 28.7 Å². The number of carbonyl (C=O) groups is 1. The smallest absolute Gasteiger partial charge is 0.407 e. The summed E-state index contributed by atoms with van der Waals surface area (Å²) < 4.78 is 5.19. The predicted octanol–water partition coefficient (Wildman–Crippen LogP) is 4.61. The minimum Gasteiger partial charge on any atom is -0.445 e. The van der Waals surface area contributed by atoms with Crippen LogP contribution >= 0.6 is 0 Å². The van der Waals surface area contributed by atoms with Gasteiger partial charge in [0.2, 0.25) is 0 Å². The first-order valence-electron chi connectivity index (χ1n) is 9.28. The van der Waals surface area contributed by atoms with E-state index in [0.29, 0.717) is 13.0 Å². The summed E-state index contributed by atoms with van der Waals surface area (Å²) in [5, 5.41) is 5.36. The van der Waals surface area contributed by atoms with Crippen molar-refractivity contribution in [2.45, 2.75) is 25.9 Å². The van der Waals surface area contributed by atoms with Gasteiger partial charge in [-0.1, -0.05) is 66.4 Å². The fourth-order valence-electron chi connectivity index (χ4n) is 3.51. The number of rotatable bonds is 4. The van der Waals surface area contributed by atoms with Crippen molar-refractivity contribution < 1.29 is 9.53 Å². The molecular formula is C24H21NO2. The zero-order valence-electron chi connectivity index (χ0n) is 15.1. The van der Waals surface area contributed by atoms with E-state index in [0.717, 1.165) is 24.0 Å². The van der Waals surface area contributed by atoms with Crippen LogP contribution in [0.3, 0.4) is 0 Å². The van der Waals surface area contributed by atoms with Gasteiger partial charge in [-0.3, -0.25) is 0 Å². The van der Waals surface area contributed by atoms with Crippen molar-refractivity contribution in [3.63, 3.8) is 0 Å². The molecule has 3 heteroatoms. The minimum atomic E-state index is -0.411. The van der Waals surface area contributed by atoms with Crippen molar-refractivity contribution in [3.05, 3.63) is 82.9 Å². The average molecular weight is 355 g/mol. The molecule has 3 aromatic carbocycles. The summed E-state index contributed by atoms with van der Waals surface area (Å²) in [5.74, 6) is 6.42. The first-order valence-corrected chi connectivity index (χ1v) is 9.28. The minimum absolute atomic E-state index is 0.277. The summed E-state index contributed by atoms with van der Waals surface area (Å²) in [6, 6.07) is 20.4. The maximum Gasteiger partial charge on any atom is 0.407 e. The second-order valence-corrected chi connectivity index (χ2v) is 6.65. The van der Waals surface area contributed by atoms with Crippen LogP contribution in [0.2, 0.25) is 0 Å². The van der Waals surface area contributed by atoms with Crippen LogP contribution in [0, 0.1) is 11.8 Å². The number of hydrogen-bond donors (Lipinski definition) is 1. The third-order valence-corrected chi connectivity index (χ3v) is 4.83. The number of hydrogen-bond acceptors (Lipinski definition) is 2. The van der Waals surface area contributed by atoms with Gasteiger partial charge in [0.25, 0.3) is 0 Å². The molecule has 0 heterocycles. The highest BCUT2D eigenvalue weighted by Crippen LogP contribution is 2.32. The van der Waals surface area contributed by atoms with Gasteiger partial charge in [0.15, 0.2) is 0 Å². The van der Waals surface area contributed by atoms with Gasteiger partial charge in [0.1, 0.15) is 6.61 Å².